The van der Waals surface area contributed by atoms with Gasteiger partial charge in [0, 0.05) is 19.3 Å². The van der Waals surface area contributed by atoms with Crippen LogP contribution in [0.2, 0.25) is 0 Å². The molecule has 1 saturated heterocycles. The van der Waals surface area contributed by atoms with Gasteiger partial charge in [-0.25, -0.2) is 0 Å². The lowest BCUT2D eigenvalue weighted by atomic mass is 9.98. The summed E-state index contributed by atoms with van der Waals surface area (Å²) < 4.78 is 0. The van der Waals surface area contributed by atoms with Crippen molar-refractivity contribution in [2.75, 3.05) is 25.0 Å². The molecule has 1 fully saturated rings. The lowest BCUT2D eigenvalue weighted by Crippen LogP contribution is -2.41. The van der Waals surface area contributed by atoms with Gasteiger partial charge in [0.2, 0.25) is 5.91 Å². The molecule has 0 saturated carbocycles. The van der Waals surface area contributed by atoms with Crippen LogP contribution in [-0.2, 0) is 4.79 Å². The highest BCUT2D eigenvalue weighted by molar-refractivity contribution is 5.94. The summed E-state index contributed by atoms with van der Waals surface area (Å²) in [5, 5.41) is 12.0. The normalized spacial score (nSPS) is 19.0. The van der Waals surface area contributed by atoms with E-state index in [-0.39, 0.29) is 11.8 Å². The fraction of sp³-hybridized carbons (Fsp3) is 0.429. The molecule has 1 heterocycles. The minimum Gasteiger partial charge on any atom is -0.316 e. The van der Waals surface area contributed by atoms with Crippen molar-refractivity contribution in [2.45, 2.75) is 12.8 Å². The van der Waals surface area contributed by atoms with Crippen molar-refractivity contribution >= 4 is 11.6 Å². The summed E-state index contributed by atoms with van der Waals surface area (Å²) in [6.07, 6.45) is 2.00. The minimum absolute atomic E-state index is 0.0689. The Morgan fingerprint density at radius 3 is 2.72 bits per heavy atom. The first-order valence-corrected chi connectivity index (χ1v) is 6.21. The van der Waals surface area contributed by atoms with Gasteiger partial charge in [-0.15, -0.1) is 0 Å². The lowest BCUT2D eigenvalue weighted by molar-refractivity contribution is -0.122. The van der Waals surface area contributed by atoms with Gasteiger partial charge in [-0.3, -0.25) is 4.79 Å². The van der Waals surface area contributed by atoms with Gasteiger partial charge in [0.1, 0.15) is 0 Å². The third-order valence-electron chi connectivity index (χ3n) is 3.36. The van der Waals surface area contributed by atoms with Crippen LogP contribution in [0.1, 0.15) is 18.4 Å². The van der Waals surface area contributed by atoms with Crippen LogP contribution >= 0.6 is 0 Å². The van der Waals surface area contributed by atoms with E-state index in [0.717, 1.165) is 31.6 Å². The zero-order valence-electron chi connectivity index (χ0n) is 10.5. The second kappa shape index (κ2) is 5.65. The molecule has 1 aliphatic rings. The fourth-order valence-electron chi connectivity index (χ4n) is 2.22. The van der Waals surface area contributed by atoms with Crippen LogP contribution in [0.3, 0.4) is 0 Å². The topological polar surface area (TPSA) is 56.1 Å². The number of nitrogens with one attached hydrogen (secondary N) is 1. The zero-order valence-corrected chi connectivity index (χ0v) is 10.5. The van der Waals surface area contributed by atoms with Crippen LogP contribution in [0.5, 0.6) is 0 Å². The molecule has 0 bridgehead atoms. The van der Waals surface area contributed by atoms with Gasteiger partial charge in [0.15, 0.2) is 0 Å². The van der Waals surface area contributed by atoms with Crippen LogP contribution in [0.4, 0.5) is 5.69 Å². The van der Waals surface area contributed by atoms with E-state index in [2.05, 4.69) is 11.4 Å². The van der Waals surface area contributed by atoms with Crippen LogP contribution in [0.25, 0.3) is 0 Å². The Hall–Kier alpha value is -1.86. The zero-order chi connectivity index (χ0) is 13.0. The van der Waals surface area contributed by atoms with Gasteiger partial charge >= 0.3 is 0 Å². The summed E-state index contributed by atoms with van der Waals surface area (Å²) in [4.78, 5) is 14.0. The number of anilines is 1. The average Bonchev–Trinajstić information content (AvgIpc) is 2.47. The predicted molar refractivity (Wildman–Crippen MR) is 70.2 cm³/mol. The van der Waals surface area contributed by atoms with Crippen molar-refractivity contribution in [3.63, 3.8) is 0 Å². The largest absolute Gasteiger partial charge is 0.316 e. The molecule has 4 nitrogen and oxygen atoms in total. The Morgan fingerprint density at radius 1 is 1.44 bits per heavy atom. The molecule has 1 atom stereocenters. The Balaban J connectivity index is 2.07. The molecule has 4 heteroatoms. The maximum absolute atomic E-state index is 12.3. The number of nitrogens with zero attached hydrogens (tertiary/aromatic N) is 2. The molecule has 1 aromatic rings. The number of hydrogen-bond acceptors (Lipinski definition) is 3. The molecular formula is C14H17N3O. The molecule has 1 N–H and O–H groups in total. The molecule has 1 aliphatic heterocycles. The van der Waals surface area contributed by atoms with Crippen LogP contribution in [0.15, 0.2) is 24.3 Å². The molecule has 0 spiro atoms. The highest BCUT2D eigenvalue weighted by Gasteiger charge is 2.24. The standard InChI is InChI=1S/C14H17N3O/c1-17(13-6-4-11(9-15)5-7-13)14(18)12-3-2-8-16-10-12/h4-7,12,16H,2-3,8,10H2,1H3. The van der Waals surface area contributed by atoms with Crippen LogP contribution < -0.4 is 10.2 Å². The number of benzene rings is 1. The molecule has 0 aromatic heterocycles. The first kappa shape index (κ1) is 12.6. The lowest BCUT2D eigenvalue weighted by Gasteiger charge is -2.27. The maximum Gasteiger partial charge on any atom is 0.231 e. The molecule has 2 rings (SSSR count). The summed E-state index contributed by atoms with van der Waals surface area (Å²) >= 11 is 0. The van der Waals surface area contributed by atoms with E-state index < -0.39 is 0 Å². The molecular weight excluding hydrogens is 226 g/mol. The van der Waals surface area contributed by atoms with E-state index in [1.54, 1.807) is 24.1 Å². The van der Waals surface area contributed by atoms with Crippen LogP contribution in [0, 0.1) is 17.2 Å². The third kappa shape index (κ3) is 2.69. The number of hydrogen-bond donors (Lipinski definition) is 1. The number of rotatable bonds is 2. The molecule has 0 radical (unpaired) electrons. The predicted octanol–water partition coefficient (Wildman–Crippen LogP) is 1.52. The first-order chi connectivity index (χ1) is 8.72. The van der Waals surface area contributed by atoms with Gasteiger partial charge in [0.05, 0.1) is 17.6 Å². The van der Waals surface area contributed by atoms with Crippen molar-refractivity contribution in [3.05, 3.63) is 29.8 Å². The first-order valence-electron chi connectivity index (χ1n) is 6.21. The Labute approximate surface area is 107 Å². The number of amides is 1. The number of piperidine rings is 1. The van der Waals surface area contributed by atoms with Gasteiger partial charge in [-0.1, -0.05) is 0 Å². The number of carbonyl (C=O) groups excluding carboxylic acids is 1. The van der Waals surface area contributed by atoms with E-state index in [0.29, 0.717) is 5.56 Å². The van der Waals surface area contributed by atoms with E-state index in [4.69, 9.17) is 5.26 Å². The van der Waals surface area contributed by atoms with Crippen molar-refractivity contribution in [2.24, 2.45) is 5.92 Å². The Bertz CT molecular complexity index is 455. The average molecular weight is 243 g/mol. The van der Waals surface area contributed by atoms with E-state index in [1.165, 1.54) is 0 Å². The smallest absolute Gasteiger partial charge is 0.231 e. The quantitative estimate of drug-likeness (QED) is 0.856. The maximum atomic E-state index is 12.3. The summed E-state index contributed by atoms with van der Waals surface area (Å²) in [5.74, 6) is 0.214. The second-order valence-electron chi connectivity index (χ2n) is 4.60. The molecule has 0 aliphatic carbocycles. The fourth-order valence-corrected chi connectivity index (χ4v) is 2.22. The SMILES string of the molecule is CN(C(=O)C1CCCNC1)c1ccc(C#N)cc1. The monoisotopic (exact) mass is 243 g/mol. The van der Waals surface area contributed by atoms with Crippen molar-refractivity contribution < 1.29 is 4.79 Å². The van der Waals surface area contributed by atoms with E-state index in [1.807, 2.05) is 12.1 Å². The van der Waals surface area contributed by atoms with Crippen molar-refractivity contribution in [1.82, 2.24) is 5.32 Å². The Kier molecular flexibility index (Phi) is 3.96. The van der Waals surface area contributed by atoms with Gasteiger partial charge in [-0.05, 0) is 43.7 Å². The van der Waals surface area contributed by atoms with E-state index >= 15 is 0 Å². The molecule has 1 amide bonds. The van der Waals surface area contributed by atoms with Gasteiger partial charge in [0.25, 0.3) is 0 Å². The molecule has 1 aromatic carbocycles. The second-order valence-corrected chi connectivity index (χ2v) is 4.60. The minimum atomic E-state index is 0.0689. The number of carbonyl (C=O) groups is 1. The summed E-state index contributed by atoms with van der Waals surface area (Å²) in [6.45, 7) is 1.77. The van der Waals surface area contributed by atoms with Gasteiger partial charge < -0.3 is 10.2 Å². The molecule has 94 valence electrons. The van der Waals surface area contributed by atoms with Crippen LogP contribution in [-0.4, -0.2) is 26.0 Å². The number of nitriles is 1. The summed E-state index contributed by atoms with van der Waals surface area (Å²) in [7, 11) is 1.79. The summed E-state index contributed by atoms with van der Waals surface area (Å²) in [5.41, 5.74) is 1.45. The van der Waals surface area contributed by atoms with E-state index in [9.17, 15) is 4.79 Å². The highest BCUT2D eigenvalue weighted by atomic mass is 16.2. The van der Waals surface area contributed by atoms with Crippen molar-refractivity contribution in [3.8, 4) is 6.07 Å². The van der Waals surface area contributed by atoms with Gasteiger partial charge in [-0.2, -0.15) is 5.26 Å². The molecule has 18 heavy (non-hydrogen) atoms. The third-order valence-corrected chi connectivity index (χ3v) is 3.36. The summed E-state index contributed by atoms with van der Waals surface area (Å²) in [6, 6.07) is 9.17. The van der Waals surface area contributed by atoms with Crippen molar-refractivity contribution in [1.29, 1.82) is 5.26 Å². The molecule has 1 unspecified atom stereocenters. The Morgan fingerprint density at radius 2 is 2.17 bits per heavy atom. The highest BCUT2D eigenvalue weighted by Crippen LogP contribution is 2.19.